The molecule has 0 radical (unpaired) electrons. The number of nitrogens with zero attached hydrogens (tertiary/aromatic N) is 2. The van der Waals surface area contributed by atoms with Gasteiger partial charge in [0, 0.05) is 31.7 Å². The fourth-order valence-corrected chi connectivity index (χ4v) is 3.11. The van der Waals surface area contributed by atoms with Gasteiger partial charge in [0.25, 0.3) is 0 Å². The number of hydrogen-bond donors (Lipinski definition) is 1. The highest BCUT2D eigenvalue weighted by molar-refractivity contribution is 6.00. The van der Waals surface area contributed by atoms with Crippen molar-refractivity contribution in [2.24, 2.45) is 11.8 Å². The van der Waals surface area contributed by atoms with Crippen LogP contribution >= 0.6 is 0 Å². The van der Waals surface area contributed by atoms with Crippen molar-refractivity contribution in [2.45, 2.75) is 26.7 Å². The van der Waals surface area contributed by atoms with Crippen molar-refractivity contribution in [1.82, 2.24) is 4.90 Å². The van der Waals surface area contributed by atoms with E-state index in [-0.39, 0.29) is 37.1 Å². The summed E-state index contributed by atoms with van der Waals surface area (Å²) in [5, 5.41) is 8.91. The minimum absolute atomic E-state index is 0.0959. The molecule has 0 aliphatic carbocycles. The van der Waals surface area contributed by atoms with Crippen LogP contribution in [-0.4, -0.2) is 54.5 Å². The Morgan fingerprint density at radius 3 is 2.50 bits per heavy atom. The number of amides is 2. The van der Waals surface area contributed by atoms with E-state index in [0.29, 0.717) is 18.8 Å². The van der Waals surface area contributed by atoms with Crippen molar-refractivity contribution in [2.75, 3.05) is 31.6 Å². The summed E-state index contributed by atoms with van der Waals surface area (Å²) in [5.41, 5.74) is 0.729. The SMILES string of the molecule is COc1ccc(N2CC(C(=O)N(CCC(=O)O)CC(C)C)CC2=O)cc1. The number of rotatable bonds is 8. The minimum atomic E-state index is -0.936. The van der Waals surface area contributed by atoms with Crippen molar-refractivity contribution in [3.8, 4) is 5.75 Å². The van der Waals surface area contributed by atoms with E-state index in [1.807, 2.05) is 13.8 Å². The quantitative estimate of drug-likeness (QED) is 0.764. The van der Waals surface area contributed by atoms with Crippen molar-refractivity contribution >= 4 is 23.5 Å². The summed E-state index contributed by atoms with van der Waals surface area (Å²) in [5.74, 6) is -0.709. The van der Waals surface area contributed by atoms with Crippen LogP contribution in [0.25, 0.3) is 0 Å². The van der Waals surface area contributed by atoms with E-state index < -0.39 is 11.9 Å². The van der Waals surface area contributed by atoms with Gasteiger partial charge in [0.2, 0.25) is 11.8 Å². The zero-order valence-electron chi connectivity index (χ0n) is 15.5. The third-order valence-electron chi connectivity index (χ3n) is 4.35. The van der Waals surface area contributed by atoms with Gasteiger partial charge in [0.1, 0.15) is 5.75 Å². The summed E-state index contributed by atoms with van der Waals surface area (Å²) in [4.78, 5) is 39.3. The van der Waals surface area contributed by atoms with Gasteiger partial charge in [-0.15, -0.1) is 0 Å². The monoisotopic (exact) mass is 362 g/mol. The highest BCUT2D eigenvalue weighted by atomic mass is 16.5. The molecule has 142 valence electrons. The summed E-state index contributed by atoms with van der Waals surface area (Å²) in [6.45, 7) is 4.92. The van der Waals surface area contributed by atoms with E-state index in [4.69, 9.17) is 9.84 Å². The molecule has 7 heteroatoms. The Morgan fingerprint density at radius 1 is 1.31 bits per heavy atom. The molecule has 1 aromatic rings. The molecule has 1 fully saturated rings. The molecule has 1 aliphatic rings. The van der Waals surface area contributed by atoms with Gasteiger partial charge in [-0.25, -0.2) is 0 Å². The lowest BCUT2D eigenvalue weighted by Gasteiger charge is -2.26. The molecule has 0 bridgehead atoms. The Kier molecular flexibility index (Phi) is 6.60. The fourth-order valence-electron chi connectivity index (χ4n) is 3.11. The number of ether oxygens (including phenoxy) is 1. The highest BCUT2D eigenvalue weighted by Crippen LogP contribution is 2.28. The number of benzene rings is 1. The number of carboxylic acid groups (broad SMARTS) is 1. The van der Waals surface area contributed by atoms with Crippen LogP contribution in [0.3, 0.4) is 0 Å². The smallest absolute Gasteiger partial charge is 0.305 e. The number of carbonyl (C=O) groups is 3. The van der Waals surface area contributed by atoms with Gasteiger partial charge < -0.3 is 19.6 Å². The molecule has 1 saturated heterocycles. The van der Waals surface area contributed by atoms with Gasteiger partial charge >= 0.3 is 5.97 Å². The molecular formula is C19H26N2O5. The maximum Gasteiger partial charge on any atom is 0.305 e. The summed E-state index contributed by atoms with van der Waals surface area (Å²) >= 11 is 0. The molecule has 1 aliphatic heterocycles. The second-order valence-corrected chi connectivity index (χ2v) is 6.93. The molecule has 26 heavy (non-hydrogen) atoms. The maximum atomic E-state index is 12.9. The van der Waals surface area contributed by atoms with Crippen LogP contribution in [0, 0.1) is 11.8 Å². The molecule has 1 aromatic carbocycles. The third-order valence-corrected chi connectivity index (χ3v) is 4.35. The van der Waals surface area contributed by atoms with Gasteiger partial charge in [-0.05, 0) is 30.2 Å². The first kappa shape index (κ1) is 19.8. The van der Waals surface area contributed by atoms with Crippen LogP contribution in [0.1, 0.15) is 26.7 Å². The van der Waals surface area contributed by atoms with Gasteiger partial charge in [0.15, 0.2) is 0 Å². The van der Waals surface area contributed by atoms with Crippen LogP contribution in [0.5, 0.6) is 5.75 Å². The number of carboxylic acids is 1. The lowest BCUT2D eigenvalue weighted by molar-refractivity contribution is -0.140. The van der Waals surface area contributed by atoms with Crippen LogP contribution in [0.15, 0.2) is 24.3 Å². The summed E-state index contributed by atoms with van der Waals surface area (Å²) in [6, 6.07) is 7.13. The predicted octanol–water partition coefficient (Wildman–Crippen LogP) is 2.01. The first-order valence-electron chi connectivity index (χ1n) is 8.76. The van der Waals surface area contributed by atoms with E-state index in [2.05, 4.69) is 0 Å². The van der Waals surface area contributed by atoms with Crippen LogP contribution in [-0.2, 0) is 14.4 Å². The molecule has 0 aromatic heterocycles. The van der Waals surface area contributed by atoms with Crippen molar-refractivity contribution in [3.05, 3.63) is 24.3 Å². The van der Waals surface area contributed by atoms with Crippen LogP contribution in [0.2, 0.25) is 0 Å². The zero-order chi connectivity index (χ0) is 19.3. The second kappa shape index (κ2) is 8.69. The topological polar surface area (TPSA) is 87.2 Å². The van der Waals surface area contributed by atoms with Crippen molar-refractivity contribution in [3.63, 3.8) is 0 Å². The van der Waals surface area contributed by atoms with E-state index in [9.17, 15) is 14.4 Å². The number of methoxy groups -OCH3 is 1. The molecular weight excluding hydrogens is 336 g/mol. The Hall–Kier alpha value is -2.57. The van der Waals surface area contributed by atoms with Gasteiger partial charge in [-0.3, -0.25) is 14.4 Å². The molecule has 1 atom stereocenters. The molecule has 2 amide bonds. The lowest BCUT2D eigenvalue weighted by Crippen LogP contribution is -2.40. The Labute approximate surface area is 153 Å². The standard InChI is InChI=1S/C19H26N2O5/c1-13(2)11-20(9-8-18(23)24)19(25)14-10-17(22)21(12-14)15-4-6-16(26-3)7-5-15/h4-7,13-14H,8-12H2,1-3H3,(H,23,24). The lowest BCUT2D eigenvalue weighted by atomic mass is 10.1. The molecule has 2 rings (SSSR count). The van der Waals surface area contributed by atoms with Crippen molar-refractivity contribution in [1.29, 1.82) is 0 Å². The molecule has 1 N–H and O–H groups in total. The zero-order valence-corrected chi connectivity index (χ0v) is 15.5. The maximum absolute atomic E-state index is 12.9. The molecule has 1 unspecified atom stereocenters. The largest absolute Gasteiger partial charge is 0.497 e. The van der Waals surface area contributed by atoms with Gasteiger partial charge in [0.05, 0.1) is 19.4 Å². The number of anilines is 1. The molecule has 1 heterocycles. The number of carbonyl (C=O) groups excluding carboxylic acids is 2. The second-order valence-electron chi connectivity index (χ2n) is 6.93. The van der Waals surface area contributed by atoms with Gasteiger partial charge in [-0.2, -0.15) is 0 Å². The third kappa shape index (κ3) is 4.97. The van der Waals surface area contributed by atoms with E-state index in [1.54, 1.807) is 41.2 Å². The summed E-state index contributed by atoms with van der Waals surface area (Å²) in [6.07, 6.45) is 0.0495. The molecule has 0 spiro atoms. The normalized spacial score (nSPS) is 16.8. The number of hydrogen-bond acceptors (Lipinski definition) is 4. The molecule has 0 saturated carbocycles. The van der Waals surface area contributed by atoms with E-state index >= 15 is 0 Å². The van der Waals surface area contributed by atoms with Gasteiger partial charge in [-0.1, -0.05) is 13.8 Å². The number of aliphatic carboxylic acids is 1. The Bertz CT molecular complexity index is 656. The van der Waals surface area contributed by atoms with Crippen molar-refractivity contribution < 1.29 is 24.2 Å². The highest BCUT2D eigenvalue weighted by Gasteiger charge is 2.37. The minimum Gasteiger partial charge on any atom is -0.497 e. The Morgan fingerprint density at radius 2 is 1.96 bits per heavy atom. The average Bonchev–Trinajstić information content (AvgIpc) is 2.99. The summed E-state index contributed by atoms with van der Waals surface area (Å²) in [7, 11) is 1.57. The van der Waals surface area contributed by atoms with Crippen LogP contribution < -0.4 is 9.64 Å². The Balaban J connectivity index is 2.08. The van der Waals surface area contributed by atoms with E-state index in [0.717, 1.165) is 5.69 Å². The first-order chi connectivity index (χ1) is 12.3. The van der Waals surface area contributed by atoms with E-state index in [1.165, 1.54) is 0 Å². The van der Waals surface area contributed by atoms with Crippen LogP contribution in [0.4, 0.5) is 5.69 Å². The fraction of sp³-hybridized carbons (Fsp3) is 0.526. The summed E-state index contributed by atoms with van der Waals surface area (Å²) < 4.78 is 5.12. The average molecular weight is 362 g/mol. The first-order valence-corrected chi connectivity index (χ1v) is 8.76. The predicted molar refractivity (Wildman–Crippen MR) is 97.1 cm³/mol. The molecule has 7 nitrogen and oxygen atoms in total.